The van der Waals surface area contributed by atoms with Gasteiger partial charge in [0.05, 0.1) is 22.1 Å². The molecule has 2 heterocycles. The van der Waals surface area contributed by atoms with Gasteiger partial charge < -0.3 is 0 Å². The van der Waals surface area contributed by atoms with E-state index >= 15 is 0 Å². The molecule has 9 aromatic rings. The summed E-state index contributed by atoms with van der Waals surface area (Å²) in [6.07, 6.45) is 0. The second kappa shape index (κ2) is 12.5. The van der Waals surface area contributed by atoms with Crippen LogP contribution < -0.4 is 15.9 Å². The Morgan fingerprint density at radius 1 is 0.360 bits per heavy atom. The van der Waals surface area contributed by atoms with Gasteiger partial charge in [-0.1, -0.05) is 151 Å². The summed E-state index contributed by atoms with van der Waals surface area (Å²) in [6.45, 7) is 0. The predicted molar refractivity (Wildman–Crippen MR) is 213 cm³/mol. The van der Waals surface area contributed by atoms with Gasteiger partial charge in [-0.3, -0.25) is 9.13 Å². The van der Waals surface area contributed by atoms with Crippen LogP contribution in [0.25, 0.3) is 56.2 Å². The van der Waals surface area contributed by atoms with Crippen molar-refractivity contribution in [1.29, 1.82) is 0 Å². The molecule has 0 radical (unpaired) electrons. The van der Waals surface area contributed by atoms with Crippen molar-refractivity contribution < 1.29 is 0 Å². The number of hydrogen-bond donors (Lipinski definition) is 0. The van der Waals surface area contributed by atoms with Crippen molar-refractivity contribution in [2.24, 2.45) is 0 Å². The quantitative estimate of drug-likeness (QED) is 0.158. The third kappa shape index (κ3) is 5.11. The average molecular weight is 679 g/mol. The third-order valence-corrected chi connectivity index (χ3v) is 14.2. The average Bonchev–Trinajstić information content (AvgIpc) is 3.78. The number of hydrogen-bond acceptors (Lipinski definition) is 3. The van der Waals surface area contributed by atoms with Gasteiger partial charge >= 0.3 is 0 Å². The lowest BCUT2D eigenvalue weighted by molar-refractivity contribution is 1.10. The molecular formula is C44H31N4PS. The van der Waals surface area contributed by atoms with Crippen LogP contribution in [0.1, 0.15) is 0 Å². The van der Waals surface area contributed by atoms with Crippen molar-refractivity contribution in [3.8, 4) is 34.2 Å². The van der Waals surface area contributed by atoms with E-state index in [2.05, 4.69) is 173 Å². The molecule has 6 heteroatoms. The minimum absolute atomic E-state index is 0.905. The first kappa shape index (κ1) is 30.2. The number of imidazole rings is 2. The Hall–Kier alpha value is -5.87. The highest BCUT2D eigenvalue weighted by Crippen LogP contribution is 2.44. The van der Waals surface area contributed by atoms with Crippen LogP contribution in [0.2, 0.25) is 0 Å². The molecule has 0 saturated carbocycles. The first-order chi connectivity index (χ1) is 24.7. The molecule has 0 aliphatic rings. The van der Waals surface area contributed by atoms with Crippen LogP contribution in [0.4, 0.5) is 0 Å². The zero-order valence-electron chi connectivity index (χ0n) is 27.0. The minimum atomic E-state index is -2.42. The second-order valence-corrected chi connectivity index (χ2v) is 16.6. The number of nitrogens with zero attached hydrogens (tertiary/aromatic N) is 4. The highest BCUT2D eigenvalue weighted by atomic mass is 32.4. The lowest BCUT2D eigenvalue weighted by atomic mass is 10.2. The fourth-order valence-electron chi connectivity index (χ4n) is 6.84. The number of benzene rings is 7. The van der Waals surface area contributed by atoms with E-state index in [0.29, 0.717) is 0 Å². The van der Waals surface area contributed by atoms with Crippen molar-refractivity contribution in [3.63, 3.8) is 0 Å². The van der Waals surface area contributed by atoms with E-state index in [1.54, 1.807) is 0 Å². The zero-order chi connectivity index (χ0) is 33.5. The number of rotatable bonds is 7. The molecule has 2 aromatic heterocycles. The summed E-state index contributed by atoms with van der Waals surface area (Å²) in [5, 5.41) is 3.42. The van der Waals surface area contributed by atoms with Gasteiger partial charge in [0.2, 0.25) is 0 Å². The summed E-state index contributed by atoms with van der Waals surface area (Å²) in [6, 6.07) is 63.1. The van der Waals surface area contributed by atoms with Crippen LogP contribution in [0, 0.1) is 0 Å². The van der Waals surface area contributed by atoms with Gasteiger partial charge in [0.25, 0.3) is 0 Å². The molecule has 0 bridgehead atoms. The monoisotopic (exact) mass is 678 g/mol. The number of fused-ring (bicyclic) bond motifs is 2. The fraction of sp³-hybridized carbons (Fsp3) is 0. The standard InChI is InChI=1S/C44H31N4PS/c50-49(36-18-8-3-9-19-36,37-28-24-32(25-29-37)43-45-39-20-10-12-22-41(39)47(43)34-14-4-1-5-15-34)38-30-26-33(27-31-38)44-46-40-21-11-13-23-42(40)48(44)35-16-6-2-7-17-35/h1-31H. The van der Waals surface area contributed by atoms with Gasteiger partial charge in [-0.25, -0.2) is 9.97 Å². The second-order valence-electron chi connectivity index (χ2n) is 12.2. The van der Waals surface area contributed by atoms with Gasteiger partial charge in [-0.15, -0.1) is 0 Å². The van der Waals surface area contributed by atoms with Gasteiger partial charge in [-0.05, 0) is 64.4 Å². The molecular weight excluding hydrogens is 648 g/mol. The van der Waals surface area contributed by atoms with Gasteiger partial charge in [0, 0.05) is 28.5 Å². The van der Waals surface area contributed by atoms with Gasteiger partial charge in [0.15, 0.2) is 0 Å². The Bertz CT molecular complexity index is 2480. The normalized spacial score (nSPS) is 11.7. The predicted octanol–water partition coefficient (Wildman–Crippen LogP) is 9.45. The molecule has 238 valence electrons. The molecule has 0 N–H and O–H groups in total. The molecule has 0 fully saturated rings. The van der Waals surface area contributed by atoms with E-state index in [0.717, 1.165) is 72.1 Å². The van der Waals surface area contributed by atoms with Gasteiger partial charge in [-0.2, -0.15) is 0 Å². The van der Waals surface area contributed by atoms with E-state index < -0.39 is 6.04 Å². The Kier molecular flexibility index (Phi) is 7.58. The molecule has 0 amide bonds. The maximum atomic E-state index is 6.80. The summed E-state index contributed by atoms with van der Waals surface area (Å²) in [5.41, 5.74) is 8.32. The van der Waals surface area contributed by atoms with Crippen molar-refractivity contribution in [3.05, 3.63) is 188 Å². The number of para-hydroxylation sites is 6. The molecule has 0 saturated heterocycles. The van der Waals surface area contributed by atoms with E-state index in [9.17, 15) is 0 Å². The molecule has 0 aliphatic heterocycles. The lowest BCUT2D eigenvalue weighted by Crippen LogP contribution is -2.24. The van der Waals surface area contributed by atoms with E-state index in [4.69, 9.17) is 21.8 Å². The van der Waals surface area contributed by atoms with E-state index in [1.807, 2.05) is 24.3 Å². The third-order valence-electron chi connectivity index (χ3n) is 9.25. The molecule has 9 rings (SSSR count). The van der Waals surface area contributed by atoms with Crippen molar-refractivity contribution >= 4 is 55.8 Å². The summed E-state index contributed by atoms with van der Waals surface area (Å²) >= 11 is 6.80. The van der Waals surface area contributed by atoms with Crippen molar-refractivity contribution in [1.82, 2.24) is 19.1 Å². The smallest absolute Gasteiger partial charge is 0.145 e. The molecule has 7 aromatic carbocycles. The Balaban J connectivity index is 1.15. The highest BCUT2D eigenvalue weighted by molar-refractivity contribution is 8.25. The van der Waals surface area contributed by atoms with Crippen LogP contribution in [0.3, 0.4) is 0 Å². The first-order valence-corrected chi connectivity index (χ1v) is 19.4. The summed E-state index contributed by atoms with van der Waals surface area (Å²) in [5.74, 6) is 1.81. The lowest BCUT2D eigenvalue weighted by Gasteiger charge is -2.24. The molecule has 4 nitrogen and oxygen atoms in total. The van der Waals surface area contributed by atoms with Crippen molar-refractivity contribution in [2.75, 3.05) is 0 Å². The summed E-state index contributed by atoms with van der Waals surface area (Å²) in [7, 11) is 0. The summed E-state index contributed by atoms with van der Waals surface area (Å²) < 4.78 is 4.47. The molecule has 0 spiro atoms. The van der Waals surface area contributed by atoms with Crippen LogP contribution in [0.15, 0.2) is 188 Å². The molecule has 0 aliphatic carbocycles. The van der Waals surface area contributed by atoms with Gasteiger partial charge in [0.1, 0.15) is 11.6 Å². The van der Waals surface area contributed by atoms with Crippen LogP contribution in [0.5, 0.6) is 0 Å². The number of aromatic nitrogens is 4. The molecule has 0 unspecified atom stereocenters. The maximum Gasteiger partial charge on any atom is 0.145 e. The molecule has 50 heavy (non-hydrogen) atoms. The molecule has 0 atom stereocenters. The topological polar surface area (TPSA) is 35.6 Å². The Morgan fingerprint density at radius 3 is 1.12 bits per heavy atom. The Morgan fingerprint density at radius 2 is 0.700 bits per heavy atom. The first-order valence-electron chi connectivity index (χ1n) is 16.6. The van der Waals surface area contributed by atoms with Crippen molar-refractivity contribution in [2.45, 2.75) is 0 Å². The largest absolute Gasteiger partial charge is 0.292 e. The Labute approximate surface area is 296 Å². The fourth-order valence-corrected chi connectivity index (χ4v) is 10.6. The SMILES string of the molecule is S=P(c1ccccc1)(c1ccc(-c2nc3ccccc3n2-c2ccccc2)cc1)c1ccc(-c2nc3ccccc3n2-c2ccccc2)cc1. The maximum absolute atomic E-state index is 6.80. The van der Waals surface area contributed by atoms with E-state index in [1.165, 1.54) is 0 Å². The minimum Gasteiger partial charge on any atom is -0.292 e. The van der Waals surface area contributed by atoms with Crippen LogP contribution in [-0.4, -0.2) is 19.1 Å². The van der Waals surface area contributed by atoms with Crippen LogP contribution >= 0.6 is 6.04 Å². The zero-order valence-corrected chi connectivity index (χ0v) is 28.8. The summed E-state index contributed by atoms with van der Waals surface area (Å²) in [4.78, 5) is 10.2. The highest BCUT2D eigenvalue weighted by Gasteiger charge is 2.26. The van der Waals surface area contributed by atoms with E-state index in [-0.39, 0.29) is 0 Å². The van der Waals surface area contributed by atoms with Crippen LogP contribution in [-0.2, 0) is 11.8 Å².